The van der Waals surface area contributed by atoms with Crippen molar-refractivity contribution >= 4 is 11.9 Å². The van der Waals surface area contributed by atoms with Crippen molar-refractivity contribution in [1.29, 1.82) is 0 Å². The van der Waals surface area contributed by atoms with Crippen molar-refractivity contribution in [2.45, 2.75) is 39.7 Å². The molecule has 0 spiro atoms. The number of amides is 1. The van der Waals surface area contributed by atoms with Crippen molar-refractivity contribution in [3.8, 4) is 0 Å². The first kappa shape index (κ1) is 15.9. The second-order valence-corrected chi connectivity index (χ2v) is 4.33. The van der Waals surface area contributed by atoms with Gasteiger partial charge in [-0.15, -0.1) is 0 Å². The Balaban J connectivity index is 3.96. The van der Waals surface area contributed by atoms with Crippen LogP contribution < -0.4 is 10.6 Å². The Bertz CT molecular complexity index is 242. The third kappa shape index (κ3) is 6.94. The number of rotatable bonds is 8. The number of unbranched alkanes of at least 4 members (excludes halogenated alkanes) is 1. The SMILES string of the molecule is CCCCNC(=O)CNC(C(=O)OC)C(C)C. The van der Waals surface area contributed by atoms with E-state index < -0.39 is 6.04 Å². The lowest BCUT2D eigenvalue weighted by atomic mass is 10.0. The van der Waals surface area contributed by atoms with Gasteiger partial charge in [-0.25, -0.2) is 0 Å². The van der Waals surface area contributed by atoms with Crippen molar-refractivity contribution in [2.24, 2.45) is 5.92 Å². The molecule has 1 amide bonds. The summed E-state index contributed by atoms with van der Waals surface area (Å²) in [4.78, 5) is 22.8. The molecule has 1 unspecified atom stereocenters. The molecule has 0 fully saturated rings. The van der Waals surface area contributed by atoms with Gasteiger partial charge in [0.05, 0.1) is 13.7 Å². The van der Waals surface area contributed by atoms with Crippen LogP contribution in [-0.2, 0) is 14.3 Å². The summed E-state index contributed by atoms with van der Waals surface area (Å²) < 4.78 is 4.67. The van der Waals surface area contributed by atoms with Crippen LogP contribution in [0.1, 0.15) is 33.6 Å². The molecule has 0 saturated carbocycles. The molecule has 0 aromatic carbocycles. The topological polar surface area (TPSA) is 67.4 Å². The molecule has 5 heteroatoms. The molecule has 0 rings (SSSR count). The highest BCUT2D eigenvalue weighted by Crippen LogP contribution is 2.02. The Morgan fingerprint density at radius 1 is 1.29 bits per heavy atom. The number of methoxy groups -OCH3 is 1. The highest BCUT2D eigenvalue weighted by atomic mass is 16.5. The zero-order valence-electron chi connectivity index (χ0n) is 11.2. The molecule has 0 bridgehead atoms. The summed E-state index contributed by atoms with van der Waals surface area (Å²) in [6, 6.07) is -0.433. The molecule has 2 N–H and O–H groups in total. The van der Waals surface area contributed by atoms with E-state index in [2.05, 4.69) is 22.3 Å². The van der Waals surface area contributed by atoms with E-state index in [1.807, 2.05) is 13.8 Å². The number of carbonyl (C=O) groups is 2. The largest absolute Gasteiger partial charge is 0.468 e. The van der Waals surface area contributed by atoms with E-state index in [0.29, 0.717) is 6.54 Å². The molecule has 0 radical (unpaired) electrons. The van der Waals surface area contributed by atoms with Gasteiger partial charge in [0.25, 0.3) is 0 Å². The third-order valence-corrected chi connectivity index (χ3v) is 2.46. The zero-order valence-corrected chi connectivity index (χ0v) is 11.2. The summed E-state index contributed by atoms with van der Waals surface area (Å²) in [5.74, 6) is -0.333. The zero-order chi connectivity index (χ0) is 13.3. The van der Waals surface area contributed by atoms with Gasteiger partial charge in [-0.3, -0.25) is 14.9 Å². The van der Waals surface area contributed by atoms with Crippen LogP contribution in [0.3, 0.4) is 0 Å². The Labute approximate surface area is 103 Å². The Hall–Kier alpha value is -1.10. The highest BCUT2D eigenvalue weighted by Gasteiger charge is 2.22. The van der Waals surface area contributed by atoms with Crippen molar-refractivity contribution < 1.29 is 14.3 Å². The number of ether oxygens (including phenoxy) is 1. The van der Waals surface area contributed by atoms with Crippen LogP contribution in [0.5, 0.6) is 0 Å². The molecule has 0 aliphatic rings. The maximum absolute atomic E-state index is 11.4. The molecule has 0 aromatic rings. The number of esters is 1. The van der Waals surface area contributed by atoms with Crippen LogP contribution in [0.2, 0.25) is 0 Å². The van der Waals surface area contributed by atoms with Gasteiger partial charge in [0, 0.05) is 6.54 Å². The lowest BCUT2D eigenvalue weighted by Gasteiger charge is -2.19. The summed E-state index contributed by atoms with van der Waals surface area (Å²) in [6.45, 7) is 6.70. The van der Waals surface area contributed by atoms with Crippen molar-refractivity contribution in [3.05, 3.63) is 0 Å². The quantitative estimate of drug-likeness (QED) is 0.487. The molecule has 17 heavy (non-hydrogen) atoms. The fraction of sp³-hybridized carbons (Fsp3) is 0.833. The predicted octanol–water partition coefficient (Wildman–Crippen LogP) is 0.690. The minimum absolute atomic E-state index is 0.0888. The maximum Gasteiger partial charge on any atom is 0.323 e. The minimum Gasteiger partial charge on any atom is -0.468 e. The number of nitrogens with one attached hydrogen (secondary N) is 2. The summed E-state index contributed by atoms with van der Waals surface area (Å²) in [6.07, 6.45) is 2.01. The second kappa shape index (κ2) is 8.98. The lowest BCUT2D eigenvalue weighted by Crippen LogP contribution is -2.46. The smallest absolute Gasteiger partial charge is 0.323 e. The average Bonchev–Trinajstić information content (AvgIpc) is 2.28. The average molecular weight is 244 g/mol. The molecule has 5 nitrogen and oxygen atoms in total. The van der Waals surface area contributed by atoms with E-state index >= 15 is 0 Å². The predicted molar refractivity (Wildman–Crippen MR) is 66.6 cm³/mol. The third-order valence-electron chi connectivity index (χ3n) is 2.46. The standard InChI is InChI=1S/C12H24N2O3/c1-5-6-7-13-10(15)8-14-11(9(2)3)12(16)17-4/h9,11,14H,5-8H2,1-4H3,(H,13,15). The highest BCUT2D eigenvalue weighted by molar-refractivity contribution is 5.80. The molecule has 0 saturated heterocycles. The number of hydrogen-bond donors (Lipinski definition) is 2. The monoisotopic (exact) mass is 244 g/mol. The molecule has 1 atom stereocenters. The molecule has 0 aliphatic carbocycles. The van der Waals surface area contributed by atoms with E-state index in [0.717, 1.165) is 12.8 Å². The lowest BCUT2D eigenvalue weighted by molar-refractivity contribution is -0.144. The second-order valence-electron chi connectivity index (χ2n) is 4.33. The molecule has 0 aromatic heterocycles. The Morgan fingerprint density at radius 3 is 2.41 bits per heavy atom. The first-order valence-corrected chi connectivity index (χ1v) is 6.10. The van der Waals surface area contributed by atoms with Gasteiger partial charge >= 0.3 is 5.97 Å². The van der Waals surface area contributed by atoms with Gasteiger partial charge in [0.15, 0.2) is 0 Å². The van der Waals surface area contributed by atoms with Crippen LogP contribution in [0, 0.1) is 5.92 Å². The fourth-order valence-electron chi connectivity index (χ4n) is 1.39. The minimum atomic E-state index is -0.433. The Morgan fingerprint density at radius 2 is 1.94 bits per heavy atom. The fourth-order valence-corrected chi connectivity index (χ4v) is 1.39. The number of carbonyl (C=O) groups excluding carboxylic acids is 2. The molecule has 0 heterocycles. The maximum atomic E-state index is 11.4. The van der Waals surface area contributed by atoms with E-state index in [1.165, 1.54) is 7.11 Å². The van der Waals surface area contributed by atoms with E-state index in [4.69, 9.17) is 0 Å². The van der Waals surface area contributed by atoms with Crippen molar-refractivity contribution in [2.75, 3.05) is 20.2 Å². The summed E-state index contributed by atoms with van der Waals surface area (Å²) in [5, 5.41) is 5.69. The summed E-state index contributed by atoms with van der Waals surface area (Å²) in [5.41, 5.74) is 0. The van der Waals surface area contributed by atoms with Crippen LogP contribution in [0.15, 0.2) is 0 Å². The van der Waals surface area contributed by atoms with Gasteiger partial charge in [-0.05, 0) is 12.3 Å². The van der Waals surface area contributed by atoms with E-state index in [9.17, 15) is 9.59 Å². The molecule has 100 valence electrons. The van der Waals surface area contributed by atoms with Crippen LogP contribution >= 0.6 is 0 Å². The first-order valence-electron chi connectivity index (χ1n) is 6.10. The molecule has 0 aliphatic heterocycles. The van der Waals surface area contributed by atoms with Crippen LogP contribution in [0.25, 0.3) is 0 Å². The normalized spacial score (nSPS) is 12.3. The molecular weight excluding hydrogens is 220 g/mol. The van der Waals surface area contributed by atoms with Crippen molar-refractivity contribution in [1.82, 2.24) is 10.6 Å². The van der Waals surface area contributed by atoms with Crippen molar-refractivity contribution in [3.63, 3.8) is 0 Å². The van der Waals surface area contributed by atoms with Gasteiger partial charge in [-0.1, -0.05) is 27.2 Å². The van der Waals surface area contributed by atoms with E-state index in [-0.39, 0.29) is 24.3 Å². The van der Waals surface area contributed by atoms with Crippen LogP contribution in [0.4, 0.5) is 0 Å². The van der Waals surface area contributed by atoms with E-state index in [1.54, 1.807) is 0 Å². The number of hydrogen-bond acceptors (Lipinski definition) is 4. The van der Waals surface area contributed by atoms with Gasteiger partial charge in [0.1, 0.15) is 6.04 Å². The van der Waals surface area contributed by atoms with Gasteiger partial charge in [-0.2, -0.15) is 0 Å². The first-order chi connectivity index (χ1) is 8.02. The molecular formula is C12H24N2O3. The van der Waals surface area contributed by atoms with Gasteiger partial charge in [0.2, 0.25) is 5.91 Å². The summed E-state index contributed by atoms with van der Waals surface area (Å²) in [7, 11) is 1.35. The summed E-state index contributed by atoms with van der Waals surface area (Å²) >= 11 is 0. The van der Waals surface area contributed by atoms with Gasteiger partial charge < -0.3 is 10.1 Å². The van der Waals surface area contributed by atoms with Crippen LogP contribution in [-0.4, -0.2) is 38.1 Å². The Kier molecular flexibility index (Phi) is 8.40.